The van der Waals surface area contributed by atoms with Crippen molar-refractivity contribution in [1.29, 1.82) is 5.26 Å². The molecule has 2 aliphatic rings. The molecular weight excluding hydrogens is 557 g/mol. The number of alkyl halides is 3. The zero-order chi connectivity index (χ0) is 29.4. The molecule has 41 heavy (non-hydrogen) atoms. The Hall–Kier alpha value is -4.21. The molecule has 2 aliphatic heterocycles. The summed E-state index contributed by atoms with van der Waals surface area (Å²) in [5.74, 6) is -1.39. The average Bonchev–Trinajstić information content (AvgIpc) is 2.94. The lowest BCUT2D eigenvalue weighted by molar-refractivity contribution is -0.137. The molecule has 0 aliphatic carbocycles. The van der Waals surface area contributed by atoms with Gasteiger partial charge >= 0.3 is 6.18 Å². The average molecular weight is 583 g/mol. The second-order valence-electron chi connectivity index (χ2n) is 10.0. The van der Waals surface area contributed by atoms with E-state index in [2.05, 4.69) is 5.32 Å². The highest BCUT2D eigenvalue weighted by atomic mass is 32.2. The van der Waals surface area contributed by atoms with E-state index in [0.29, 0.717) is 5.56 Å². The first-order valence-corrected chi connectivity index (χ1v) is 14.2. The van der Waals surface area contributed by atoms with Gasteiger partial charge in [0.25, 0.3) is 5.91 Å². The molecule has 212 valence electrons. The zero-order valence-corrected chi connectivity index (χ0v) is 22.5. The van der Waals surface area contributed by atoms with Crippen molar-refractivity contribution in [2.75, 3.05) is 13.1 Å². The maximum atomic E-state index is 13.7. The number of hydrogen-bond acceptors (Lipinski definition) is 5. The largest absolute Gasteiger partial charge is 0.416 e. The third-order valence-electron chi connectivity index (χ3n) is 7.31. The second kappa shape index (κ2) is 11.0. The summed E-state index contributed by atoms with van der Waals surface area (Å²) in [5.41, 5.74) is 1.48. The molecule has 0 spiro atoms. The Morgan fingerprint density at radius 3 is 2.32 bits per heavy atom. The van der Waals surface area contributed by atoms with Gasteiger partial charge in [0.2, 0.25) is 15.9 Å². The third kappa shape index (κ3) is 5.82. The minimum absolute atomic E-state index is 0.0373. The van der Waals surface area contributed by atoms with Gasteiger partial charge in [0.15, 0.2) is 0 Å². The van der Waals surface area contributed by atoms with Gasteiger partial charge in [-0.3, -0.25) is 9.59 Å². The van der Waals surface area contributed by atoms with Gasteiger partial charge in [0, 0.05) is 38.2 Å². The van der Waals surface area contributed by atoms with Gasteiger partial charge in [-0.1, -0.05) is 42.5 Å². The molecule has 0 radical (unpaired) electrons. The van der Waals surface area contributed by atoms with Crippen LogP contribution in [-0.2, 0) is 40.5 Å². The summed E-state index contributed by atoms with van der Waals surface area (Å²) in [6, 6.07) is 18.5. The topological polar surface area (TPSA) is 111 Å². The van der Waals surface area contributed by atoms with Gasteiger partial charge < -0.3 is 10.2 Å². The van der Waals surface area contributed by atoms with Crippen molar-refractivity contribution in [1.82, 2.24) is 14.5 Å². The molecule has 2 amide bonds. The highest BCUT2D eigenvalue weighted by Gasteiger charge is 2.38. The Morgan fingerprint density at radius 2 is 1.66 bits per heavy atom. The normalized spacial score (nSPS) is 17.7. The number of amides is 2. The maximum absolute atomic E-state index is 13.7. The summed E-state index contributed by atoms with van der Waals surface area (Å²) in [6.07, 6.45) is -4.26. The third-order valence-corrected chi connectivity index (χ3v) is 9.14. The summed E-state index contributed by atoms with van der Waals surface area (Å²) in [7, 11) is -3.90. The molecule has 1 unspecified atom stereocenters. The maximum Gasteiger partial charge on any atom is 0.416 e. The molecule has 0 aromatic heterocycles. The highest BCUT2D eigenvalue weighted by Crippen LogP contribution is 2.30. The smallest absolute Gasteiger partial charge is 0.350 e. The zero-order valence-electron chi connectivity index (χ0n) is 21.6. The van der Waals surface area contributed by atoms with Crippen LogP contribution in [0.1, 0.15) is 32.6 Å². The minimum Gasteiger partial charge on any atom is -0.350 e. The highest BCUT2D eigenvalue weighted by molar-refractivity contribution is 7.89. The SMILES string of the molecule is N#CC1CN(S(=O)(=O)c2cccc(C(=O)N3Cc4ccccc4CC3C(=O)NCc3ccc(C(F)(F)F)cc3)c2)C1. The number of hydrogen-bond donors (Lipinski definition) is 1. The van der Waals surface area contributed by atoms with Crippen molar-refractivity contribution >= 4 is 21.8 Å². The predicted octanol–water partition coefficient (Wildman–Crippen LogP) is 3.73. The van der Waals surface area contributed by atoms with Crippen molar-refractivity contribution in [3.63, 3.8) is 0 Å². The number of benzene rings is 3. The number of rotatable bonds is 6. The van der Waals surface area contributed by atoms with Crippen molar-refractivity contribution in [3.8, 4) is 6.07 Å². The fourth-order valence-corrected chi connectivity index (χ4v) is 6.49. The van der Waals surface area contributed by atoms with E-state index < -0.39 is 39.6 Å². The van der Waals surface area contributed by atoms with Crippen LogP contribution in [0.4, 0.5) is 13.2 Å². The van der Waals surface area contributed by atoms with Gasteiger partial charge in [0.05, 0.1) is 22.4 Å². The number of nitrogens with zero attached hydrogens (tertiary/aromatic N) is 3. The van der Waals surface area contributed by atoms with Crippen molar-refractivity contribution < 1.29 is 31.2 Å². The number of fused-ring (bicyclic) bond motifs is 1. The van der Waals surface area contributed by atoms with Crippen molar-refractivity contribution in [3.05, 3.63) is 101 Å². The van der Waals surface area contributed by atoms with Crippen LogP contribution in [0.3, 0.4) is 0 Å². The lowest BCUT2D eigenvalue weighted by atomic mass is 9.92. The summed E-state index contributed by atoms with van der Waals surface area (Å²) in [4.78, 5) is 28.4. The summed E-state index contributed by atoms with van der Waals surface area (Å²) in [6.45, 7) is 0.243. The predicted molar refractivity (Wildman–Crippen MR) is 141 cm³/mol. The first-order valence-electron chi connectivity index (χ1n) is 12.8. The fourth-order valence-electron chi connectivity index (χ4n) is 4.91. The molecule has 1 N–H and O–H groups in total. The molecular formula is C29H25F3N4O4S. The Balaban J connectivity index is 1.37. The summed E-state index contributed by atoms with van der Waals surface area (Å²) in [5, 5.41) is 11.7. The number of halogens is 3. The van der Waals surface area contributed by atoms with Crippen LogP contribution in [0.15, 0.2) is 77.7 Å². The first-order chi connectivity index (χ1) is 19.5. The van der Waals surface area contributed by atoms with E-state index in [4.69, 9.17) is 5.26 Å². The Kier molecular flexibility index (Phi) is 7.59. The Labute approximate surface area is 235 Å². The van der Waals surface area contributed by atoms with Crippen molar-refractivity contribution in [2.45, 2.75) is 36.6 Å². The number of nitriles is 1. The van der Waals surface area contributed by atoms with Crippen LogP contribution in [0, 0.1) is 17.2 Å². The van der Waals surface area contributed by atoms with E-state index in [1.807, 2.05) is 30.3 Å². The molecule has 8 nitrogen and oxygen atoms in total. The quantitative estimate of drug-likeness (QED) is 0.476. The van der Waals surface area contributed by atoms with E-state index in [-0.39, 0.29) is 49.0 Å². The van der Waals surface area contributed by atoms with Crippen molar-refractivity contribution in [2.24, 2.45) is 5.92 Å². The fraction of sp³-hybridized carbons (Fsp3) is 0.276. The summed E-state index contributed by atoms with van der Waals surface area (Å²) >= 11 is 0. The molecule has 1 fully saturated rings. The van der Waals surface area contributed by atoms with E-state index >= 15 is 0 Å². The monoisotopic (exact) mass is 582 g/mol. The molecule has 1 saturated heterocycles. The standard InChI is InChI=1S/C29H25F3N4O4S/c30-29(31,32)24-10-8-19(9-11-24)15-34-27(37)26-13-21-4-1-2-5-23(21)18-36(26)28(38)22-6-3-7-25(12-22)41(39,40)35-16-20(14-33)17-35/h1-12,20,26H,13,15-18H2,(H,34,37). The molecule has 5 rings (SSSR count). The van der Waals surface area contributed by atoms with Gasteiger partial charge in [0.1, 0.15) is 6.04 Å². The molecule has 3 aromatic rings. The molecule has 3 aromatic carbocycles. The second-order valence-corrected chi connectivity index (χ2v) is 11.9. The first kappa shape index (κ1) is 28.3. The van der Waals surface area contributed by atoms with Crippen LogP contribution in [0.25, 0.3) is 0 Å². The van der Waals surface area contributed by atoms with Gasteiger partial charge in [-0.2, -0.15) is 22.7 Å². The van der Waals surface area contributed by atoms with Gasteiger partial charge in [-0.15, -0.1) is 0 Å². The van der Waals surface area contributed by atoms with E-state index in [1.165, 1.54) is 45.6 Å². The molecule has 12 heteroatoms. The van der Waals surface area contributed by atoms with Crippen LogP contribution < -0.4 is 5.32 Å². The summed E-state index contributed by atoms with van der Waals surface area (Å²) < 4.78 is 65.9. The van der Waals surface area contributed by atoms with Crippen LogP contribution in [0.2, 0.25) is 0 Å². The number of nitrogens with one attached hydrogen (secondary N) is 1. The van der Waals surface area contributed by atoms with Crippen LogP contribution in [-0.4, -0.2) is 48.6 Å². The van der Waals surface area contributed by atoms with Crippen LogP contribution >= 0.6 is 0 Å². The van der Waals surface area contributed by atoms with Crippen LogP contribution in [0.5, 0.6) is 0 Å². The van der Waals surface area contributed by atoms with E-state index in [0.717, 1.165) is 23.3 Å². The number of sulfonamides is 1. The van der Waals surface area contributed by atoms with E-state index in [1.54, 1.807) is 0 Å². The van der Waals surface area contributed by atoms with Gasteiger partial charge in [-0.25, -0.2) is 8.42 Å². The minimum atomic E-state index is -4.47. The molecule has 0 saturated carbocycles. The Morgan fingerprint density at radius 1 is 0.976 bits per heavy atom. The lowest BCUT2D eigenvalue weighted by Gasteiger charge is -2.36. The Bertz CT molecular complexity index is 1630. The molecule has 1 atom stereocenters. The number of carbonyl (C=O) groups excluding carboxylic acids is 2. The number of carbonyl (C=O) groups is 2. The lowest BCUT2D eigenvalue weighted by Crippen LogP contribution is -2.52. The van der Waals surface area contributed by atoms with Gasteiger partial charge in [-0.05, 0) is 47.0 Å². The molecule has 0 bridgehead atoms. The molecule has 2 heterocycles. The van der Waals surface area contributed by atoms with E-state index in [9.17, 15) is 31.2 Å².